The van der Waals surface area contributed by atoms with E-state index in [2.05, 4.69) is 27.6 Å². The van der Waals surface area contributed by atoms with E-state index < -0.39 is 0 Å². The van der Waals surface area contributed by atoms with Crippen molar-refractivity contribution in [2.45, 2.75) is 9.24 Å². The maximum atomic E-state index is 4.27. The summed E-state index contributed by atoms with van der Waals surface area (Å²) in [5.74, 6) is 0. The quantitative estimate of drug-likeness (QED) is 0.669. The van der Waals surface area contributed by atoms with Crippen molar-refractivity contribution in [1.82, 2.24) is 10.4 Å². The summed E-state index contributed by atoms with van der Waals surface area (Å²) in [5, 5.41) is 4.99. The molecule has 3 nitrogen and oxygen atoms in total. The van der Waals surface area contributed by atoms with E-state index in [0.29, 0.717) is 0 Å². The molecule has 0 aliphatic rings. The van der Waals surface area contributed by atoms with Crippen LogP contribution in [0.15, 0.2) is 50.9 Å². The Balaban J connectivity index is 2.06. The lowest BCUT2D eigenvalue weighted by atomic mass is 10.5. The first-order valence-electron chi connectivity index (χ1n) is 4.77. The van der Waals surface area contributed by atoms with Gasteiger partial charge in [0.15, 0.2) is 0 Å². The van der Waals surface area contributed by atoms with E-state index in [-0.39, 0.29) is 0 Å². The molecule has 0 saturated carbocycles. The zero-order valence-corrected chi connectivity index (χ0v) is 10.4. The Morgan fingerprint density at radius 2 is 2.31 bits per heavy atom. The zero-order chi connectivity index (χ0) is 11.2. The molecule has 0 aliphatic carbocycles. The van der Waals surface area contributed by atoms with Crippen LogP contribution in [0.1, 0.15) is 4.88 Å². The summed E-state index contributed by atoms with van der Waals surface area (Å²) in [5.41, 5.74) is 2.73. The van der Waals surface area contributed by atoms with E-state index in [4.69, 9.17) is 0 Å². The highest BCUT2D eigenvalue weighted by Crippen LogP contribution is 2.31. The molecular formula is C11H11N3S2. The van der Waals surface area contributed by atoms with Crippen LogP contribution in [0.25, 0.3) is 0 Å². The second-order valence-electron chi connectivity index (χ2n) is 2.91. The van der Waals surface area contributed by atoms with Crippen LogP contribution in [0, 0.1) is 0 Å². The maximum absolute atomic E-state index is 4.27. The van der Waals surface area contributed by atoms with Crippen molar-refractivity contribution < 1.29 is 0 Å². The summed E-state index contributed by atoms with van der Waals surface area (Å²) < 4.78 is 1.22. The number of aromatic nitrogens is 1. The number of pyridine rings is 1. The van der Waals surface area contributed by atoms with Crippen LogP contribution in [0.2, 0.25) is 0 Å². The SMILES string of the molecule is CN/N=C/c1ccc(Sc2ccccn2)s1. The van der Waals surface area contributed by atoms with Crippen molar-refractivity contribution in [2.75, 3.05) is 7.05 Å². The lowest BCUT2D eigenvalue weighted by Crippen LogP contribution is -1.92. The van der Waals surface area contributed by atoms with Gasteiger partial charge in [-0.1, -0.05) is 17.8 Å². The fourth-order valence-corrected chi connectivity index (χ4v) is 3.02. The summed E-state index contributed by atoms with van der Waals surface area (Å²) in [6, 6.07) is 10.1. The molecule has 82 valence electrons. The Hall–Kier alpha value is -1.33. The minimum atomic E-state index is 1.02. The summed E-state index contributed by atoms with van der Waals surface area (Å²) in [6.45, 7) is 0. The fourth-order valence-electron chi connectivity index (χ4n) is 1.10. The van der Waals surface area contributed by atoms with Gasteiger partial charge in [0.2, 0.25) is 0 Å². The predicted molar refractivity (Wildman–Crippen MR) is 69.3 cm³/mol. The van der Waals surface area contributed by atoms with Gasteiger partial charge >= 0.3 is 0 Å². The van der Waals surface area contributed by atoms with Gasteiger partial charge in [0.1, 0.15) is 5.03 Å². The average Bonchev–Trinajstić information content (AvgIpc) is 2.75. The van der Waals surface area contributed by atoms with Crippen LogP contribution in [-0.4, -0.2) is 18.2 Å². The Morgan fingerprint density at radius 1 is 1.38 bits per heavy atom. The van der Waals surface area contributed by atoms with Gasteiger partial charge in [0.05, 0.1) is 10.4 Å². The van der Waals surface area contributed by atoms with Crippen LogP contribution >= 0.6 is 23.1 Å². The number of hydrazone groups is 1. The van der Waals surface area contributed by atoms with Crippen LogP contribution in [-0.2, 0) is 0 Å². The molecule has 0 bridgehead atoms. The van der Waals surface area contributed by atoms with E-state index in [1.54, 1.807) is 36.3 Å². The molecule has 0 fully saturated rings. The van der Waals surface area contributed by atoms with Crippen LogP contribution < -0.4 is 5.43 Å². The van der Waals surface area contributed by atoms with Crippen LogP contribution in [0.3, 0.4) is 0 Å². The van der Waals surface area contributed by atoms with Crippen LogP contribution in [0.5, 0.6) is 0 Å². The number of nitrogens with zero attached hydrogens (tertiary/aromatic N) is 2. The van der Waals surface area contributed by atoms with Gasteiger partial charge in [-0.3, -0.25) is 0 Å². The summed E-state index contributed by atoms with van der Waals surface area (Å²) in [6.07, 6.45) is 3.62. The molecule has 16 heavy (non-hydrogen) atoms. The zero-order valence-electron chi connectivity index (χ0n) is 8.75. The number of nitrogens with one attached hydrogen (secondary N) is 1. The summed E-state index contributed by atoms with van der Waals surface area (Å²) in [7, 11) is 1.79. The van der Waals surface area contributed by atoms with Gasteiger partial charge in [0, 0.05) is 18.1 Å². The molecular weight excluding hydrogens is 238 g/mol. The third-order valence-electron chi connectivity index (χ3n) is 1.77. The first-order chi connectivity index (χ1) is 7.88. The predicted octanol–water partition coefficient (Wildman–Crippen LogP) is 2.85. The van der Waals surface area contributed by atoms with Crippen molar-refractivity contribution in [1.29, 1.82) is 0 Å². The second-order valence-corrected chi connectivity index (χ2v) is 5.34. The molecule has 0 aliphatic heterocycles. The molecule has 0 amide bonds. The molecule has 2 heterocycles. The van der Waals surface area contributed by atoms with Crippen molar-refractivity contribution in [3.8, 4) is 0 Å². The Labute approximate surface area is 103 Å². The van der Waals surface area contributed by atoms with E-state index >= 15 is 0 Å². The van der Waals surface area contributed by atoms with Gasteiger partial charge in [0.25, 0.3) is 0 Å². The minimum absolute atomic E-state index is 1.02. The topological polar surface area (TPSA) is 37.3 Å². The molecule has 2 aromatic rings. The van der Waals surface area contributed by atoms with Gasteiger partial charge in [-0.15, -0.1) is 11.3 Å². The van der Waals surface area contributed by atoms with E-state index in [1.807, 2.05) is 24.4 Å². The lowest BCUT2D eigenvalue weighted by Gasteiger charge is -1.94. The maximum Gasteiger partial charge on any atom is 0.101 e. The molecule has 0 radical (unpaired) electrons. The largest absolute Gasteiger partial charge is 0.313 e. The van der Waals surface area contributed by atoms with Gasteiger partial charge in [-0.2, -0.15) is 5.10 Å². The molecule has 1 N–H and O–H groups in total. The number of rotatable bonds is 4. The third-order valence-corrected chi connectivity index (χ3v) is 3.87. The molecule has 5 heteroatoms. The molecule has 0 unspecified atom stereocenters. The minimum Gasteiger partial charge on any atom is -0.313 e. The highest BCUT2D eigenvalue weighted by atomic mass is 32.2. The standard InChI is InChI=1S/C11H11N3S2/c1-12-14-8-9-5-6-11(15-9)16-10-4-2-3-7-13-10/h2-8,12H,1H3/b14-8+. The highest BCUT2D eigenvalue weighted by molar-refractivity contribution is 8.01. The molecule has 0 spiro atoms. The molecule has 0 saturated heterocycles. The molecule has 2 rings (SSSR count). The molecule has 0 aromatic carbocycles. The average molecular weight is 249 g/mol. The van der Waals surface area contributed by atoms with Crippen molar-refractivity contribution in [3.63, 3.8) is 0 Å². The second kappa shape index (κ2) is 5.67. The Morgan fingerprint density at radius 3 is 3.06 bits per heavy atom. The smallest absolute Gasteiger partial charge is 0.101 e. The van der Waals surface area contributed by atoms with Gasteiger partial charge in [-0.05, 0) is 24.3 Å². The fraction of sp³-hybridized carbons (Fsp3) is 0.0909. The normalized spacial score (nSPS) is 10.8. The number of hydrogen-bond acceptors (Lipinski definition) is 5. The van der Waals surface area contributed by atoms with Crippen LogP contribution in [0.4, 0.5) is 0 Å². The van der Waals surface area contributed by atoms with Gasteiger partial charge in [-0.25, -0.2) is 4.98 Å². The highest BCUT2D eigenvalue weighted by Gasteiger charge is 2.01. The monoisotopic (exact) mass is 249 g/mol. The Bertz CT molecular complexity index is 465. The van der Waals surface area contributed by atoms with Crippen molar-refractivity contribution in [2.24, 2.45) is 5.10 Å². The number of thiophene rings is 1. The van der Waals surface area contributed by atoms with Crippen molar-refractivity contribution >= 4 is 29.3 Å². The van der Waals surface area contributed by atoms with E-state index in [1.165, 1.54) is 4.21 Å². The molecule has 2 aromatic heterocycles. The van der Waals surface area contributed by atoms with E-state index in [9.17, 15) is 0 Å². The summed E-state index contributed by atoms with van der Waals surface area (Å²) in [4.78, 5) is 5.40. The first kappa shape index (κ1) is 11.2. The summed E-state index contributed by atoms with van der Waals surface area (Å²) >= 11 is 3.37. The van der Waals surface area contributed by atoms with E-state index in [0.717, 1.165) is 9.90 Å². The third kappa shape index (κ3) is 3.08. The first-order valence-corrected chi connectivity index (χ1v) is 6.40. The molecule has 0 atom stereocenters. The Kier molecular flexibility index (Phi) is 3.96. The lowest BCUT2D eigenvalue weighted by molar-refractivity contribution is 0.908. The number of hydrogen-bond donors (Lipinski definition) is 1. The van der Waals surface area contributed by atoms with Gasteiger partial charge < -0.3 is 5.43 Å². The van der Waals surface area contributed by atoms with Crippen molar-refractivity contribution in [3.05, 3.63) is 41.4 Å².